The number of hydrogen-bond acceptors (Lipinski definition) is 15. The Kier molecular flexibility index (Phi) is 16.0. The first kappa shape index (κ1) is 52.6. The van der Waals surface area contributed by atoms with Crippen LogP contribution in [0.25, 0.3) is 44.5 Å². The summed E-state index contributed by atoms with van der Waals surface area (Å²) < 4.78 is 33.2. The van der Waals surface area contributed by atoms with Crippen molar-refractivity contribution in [1.82, 2.24) is 58.3 Å². The third-order valence-electron chi connectivity index (χ3n) is 13.3. The summed E-state index contributed by atoms with van der Waals surface area (Å²) in [4.78, 5) is 70.0. The maximum absolute atomic E-state index is 14.2. The van der Waals surface area contributed by atoms with Crippen LogP contribution in [0.3, 0.4) is 0 Å². The molecule has 22 heteroatoms. The van der Waals surface area contributed by atoms with Gasteiger partial charge in [-0.2, -0.15) is 15.3 Å². The number of carbonyl (C=O) groups is 4. The zero-order chi connectivity index (χ0) is 53.6. The van der Waals surface area contributed by atoms with Gasteiger partial charge in [-0.3, -0.25) is 33.3 Å². The second-order valence-corrected chi connectivity index (χ2v) is 18.6. The van der Waals surface area contributed by atoms with Gasteiger partial charge in [-0.05, 0) is 90.4 Å². The highest BCUT2D eigenvalue weighted by molar-refractivity contribution is 6.12. The molecule has 4 N–H and O–H groups in total. The van der Waals surface area contributed by atoms with Crippen LogP contribution in [0.15, 0.2) is 60.8 Å². The molecule has 1 aliphatic rings. The molecule has 0 saturated carbocycles. The molecule has 0 bridgehead atoms. The Bertz CT molecular complexity index is 3500. The van der Waals surface area contributed by atoms with Crippen molar-refractivity contribution in [3.8, 4) is 23.0 Å². The summed E-state index contributed by atoms with van der Waals surface area (Å²) >= 11 is 0. The van der Waals surface area contributed by atoms with E-state index in [1.54, 1.807) is 52.0 Å². The molecular weight excluding hydrogens is 973 g/mol. The predicted molar refractivity (Wildman–Crippen MR) is 284 cm³/mol. The molecule has 76 heavy (non-hydrogen) atoms. The average Bonchev–Trinajstić information content (AvgIpc) is 4.27. The van der Waals surface area contributed by atoms with E-state index >= 15 is 0 Å². The number of amides is 2. The summed E-state index contributed by atoms with van der Waals surface area (Å²) in [7, 11) is 0. The van der Waals surface area contributed by atoms with E-state index in [2.05, 4.69) is 20.2 Å². The first-order valence-electron chi connectivity index (χ1n) is 25.8. The number of Topliss-reactive ketones (excluding diaryl/α,β-unsaturated/α-hetero) is 1. The van der Waals surface area contributed by atoms with Gasteiger partial charge in [-0.1, -0.05) is 12.2 Å². The lowest BCUT2D eigenvalue weighted by molar-refractivity contribution is 0.0358. The molecule has 0 radical (unpaired) electrons. The van der Waals surface area contributed by atoms with Gasteiger partial charge < -0.3 is 39.5 Å². The van der Waals surface area contributed by atoms with E-state index < -0.39 is 17.8 Å². The molecule has 2 amide bonds. The average molecular weight is 1040 g/mol. The maximum atomic E-state index is 14.2. The SMILES string of the molecule is CCn1nc(C)cc1C(=O)Cc1nc2cc(C(N)=O)cc(OCCCOC(=O)c3cc(C)nn3CC)c2n1C/C=C/Cn1c2nc(-c3cc(C)nn3CC)ncc2c2cc(C(N)=O)cc(OCCCN3CCOCC3)c21. The Hall–Kier alpha value is -8.24. The number of aryl methyl sites for hydroxylation is 6. The van der Waals surface area contributed by atoms with E-state index in [0.29, 0.717) is 125 Å². The number of ether oxygens (including phenoxy) is 4. The first-order chi connectivity index (χ1) is 36.7. The summed E-state index contributed by atoms with van der Waals surface area (Å²) in [6, 6.07) is 12.0. The van der Waals surface area contributed by atoms with Crippen LogP contribution in [0.1, 0.15) is 98.2 Å². The van der Waals surface area contributed by atoms with E-state index in [1.165, 1.54) is 0 Å². The number of morpholine rings is 1. The molecule has 0 aliphatic carbocycles. The molecule has 2 aromatic carbocycles. The van der Waals surface area contributed by atoms with Crippen molar-refractivity contribution in [2.45, 2.75) is 93.5 Å². The van der Waals surface area contributed by atoms with Crippen LogP contribution >= 0.6 is 0 Å². The quantitative estimate of drug-likeness (QED) is 0.0314. The standard InChI is InChI=1S/C54H64N14O8/c1-7-66-41(24-33(4)60-66)44(69)31-47-58-40-28-37(51(56)71)30-46(75-20-13-21-76-54(72)43-26-35(6)62-68(43)9-3)49(40)64(47)15-10-11-16-65-48-38(39-32-57-52(59-53(39)65)42-25-34(5)61-67(42)8-2)27-36(50(55)70)29-45(48)74-19-12-14-63-17-22-73-23-18-63/h10-11,24-30,32H,7-9,12-23,31H2,1-6H3,(H2,55,70)(H2,56,71)/b11-10+. The van der Waals surface area contributed by atoms with Gasteiger partial charge in [-0.15, -0.1) is 0 Å². The summed E-state index contributed by atoms with van der Waals surface area (Å²) in [6.45, 7) is 18.0. The number of nitrogens with zero attached hydrogens (tertiary/aromatic N) is 12. The fourth-order valence-electron chi connectivity index (χ4n) is 9.68. The van der Waals surface area contributed by atoms with Crippen LogP contribution in [-0.4, -0.2) is 135 Å². The number of allylic oxidation sites excluding steroid dienone is 2. The fraction of sp³-hybridized carbons (Fsp3) is 0.407. The monoisotopic (exact) mass is 1040 g/mol. The number of imidazole rings is 1. The highest BCUT2D eigenvalue weighted by Gasteiger charge is 2.25. The molecule has 1 fully saturated rings. The van der Waals surface area contributed by atoms with Gasteiger partial charge in [0, 0.05) is 86.9 Å². The van der Waals surface area contributed by atoms with Crippen molar-refractivity contribution < 1.29 is 38.1 Å². The number of rotatable bonds is 24. The minimum Gasteiger partial charge on any atom is -0.491 e. The second kappa shape index (κ2) is 23.1. The Morgan fingerprint density at radius 1 is 0.671 bits per heavy atom. The van der Waals surface area contributed by atoms with Crippen LogP contribution in [0.5, 0.6) is 11.5 Å². The van der Waals surface area contributed by atoms with Crippen molar-refractivity contribution >= 4 is 56.5 Å². The molecule has 8 aromatic rings. The lowest BCUT2D eigenvalue weighted by Gasteiger charge is -2.26. The molecule has 0 spiro atoms. The van der Waals surface area contributed by atoms with E-state index in [4.69, 9.17) is 45.4 Å². The summed E-state index contributed by atoms with van der Waals surface area (Å²) in [5, 5.41) is 14.9. The number of hydrogen-bond donors (Lipinski definition) is 2. The zero-order valence-corrected chi connectivity index (χ0v) is 43.9. The molecular formula is C54H64N14O8. The van der Waals surface area contributed by atoms with Crippen LogP contribution in [0.2, 0.25) is 0 Å². The molecule has 9 rings (SSSR count). The lowest BCUT2D eigenvalue weighted by Crippen LogP contribution is -2.37. The van der Waals surface area contributed by atoms with Gasteiger partial charge >= 0.3 is 5.97 Å². The summed E-state index contributed by atoms with van der Waals surface area (Å²) in [6.07, 6.45) is 6.66. The minimum absolute atomic E-state index is 0.0553. The molecule has 398 valence electrons. The van der Waals surface area contributed by atoms with Gasteiger partial charge in [0.1, 0.15) is 45.6 Å². The van der Waals surface area contributed by atoms with Crippen LogP contribution < -0.4 is 20.9 Å². The Balaban J connectivity index is 1.08. The lowest BCUT2D eigenvalue weighted by atomic mass is 10.1. The molecule has 6 aromatic heterocycles. The number of ketones is 1. The molecule has 0 unspecified atom stereocenters. The number of benzene rings is 2. The van der Waals surface area contributed by atoms with E-state index in [9.17, 15) is 19.2 Å². The number of fused-ring (bicyclic) bond motifs is 4. The van der Waals surface area contributed by atoms with Gasteiger partial charge in [0.15, 0.2) is 11.6 Å². The largest absolute Gasteiger partial charge is 0.491 e. The Morgan fingerprint density at radius 3 is 1.96 bits per heavy atom. The summed E-state index contributed by atoms with van der Waals surface area (Å²) in [5.74, 6) is -0.306. The number of aromatic nitrogens is 11. The van der Waals surface area contributed by atoms with Gasteiger partial charge in [0.2, 0.25) is 11.8 Å². The molecule has 0 atom stereocenters. The van der Waals surface area contributed by atoms with Crippen molar-refractivity contribution in [2.75, 3.05) is 52.7 Å². The van der Waals surface area contributed by atoms with E-state index in [0.717, 1.165) is 37.4 Å². The van der Waals surface area contributed by atoms with Crippen molar-refractivity contribution in [3.05, 3.63) is 106 Å². The minimum atomic E-state index is -0.686. The first-order valence-corrected chi connectivity index (χ1v) is 25.8. The topological polar surface area (TPSA) is 262 Å². The van der Waals surface area contributed by atoms with Crippen LogP contribution in [0.4, 0.5) is 0 Å². The second-order valence-electron chi connectivity index (χ2n) is 18.6. The third kappa shape index (κ3) is 11.2. The Labute approximate surface area is 438 Å². The van der Waals surface area contributed by atoms with Gasteiger partial charge in [0.05, 0.1) is 67.6 Å². The van der Waals surface area contributed by atoms with Crippen molar-refractivity contribution in [1.29, 1.82) is 0 Å². The predicted octanol–water partition coefficient (Wildman–Crippen LogP) is 5.78. The van der Waals surface area contributed by atoms with Crippen LogP contribution in [0, 0.1) is 20.8 Å². The Morgan fingerprint density at radius 2 is 1.28 bits per heavy atom. The van der Waals surface area contributed by atoms with Crippen molar-refractivity contribution in [2.24, 2.45) is 11.5 Å². The maximum Gasteiger partial charge on any atom is 0.356 e. The molecule has 22 nitrogen and oxygen atoms in total. The normalized spacial score (nSPS) is 13.2. The van der Waals surface area contributed by atoms with Gasteiger partial charge in [-0.25, -0.2) is 19.7 Å². The summed E-state index contributed by atoms with van der Waals surface area (Å²) in [5.41, 5.74) is 18.3. The number of esters is 1. The van der Waals surface area contributed by atoms with Crippen LogP contribution in [-0.2, 0) is 48.6 Å². The number of nitrogens with two attached hydrogens (primary N) is 2. The molecule has 1 saturated heterocycles. The zero-order valence-electron chi connectivity index (χ0n) is 43.9. The third-order valence-corrected chi connectivity index (χ3v) is 13.3. The smallest absolute Gasteiger partial charge is 0.356 e. The molecule has 1 aliphatic heterocycles. The highest BCUT2D eigenvalue weighted by atomic mass is 16.5. The van der Waals surface area contributed by atoms with Gasteiger partial charge in [0.25, 0.3) is 0 Å². The van der Waals surface area contributed by atoms with Crippen molar-refractivity contribution in [3.63, 3.8) is 0 Å². The van der Waals surface area contributed by atoms with E-state index in [-0.39, 0.29) is 49.6 Å². The van der Waals surface area contributed by atoms with E-state index in [1.807, 2.05) is 73.6 Å². The molecule has 7 heterocycles. The number of carbonyl (C=O) groups excluding carboxylic acids is 4. The highest BCUT2D eigenvalue weighted by Crippen LogP contribution is 2.37. The fourth-order valence-corrected chi connectivity index (χ4v) is 9.68. The number of primary amides is 2.